The van der Waals surface area contributed by atoms with E-state index in [1.54, 1.807) is 32.3 Å². The van der Waals surface area contributed by atoms with Crippen LogP contribution < -0.4 is 10.6 Å². The number of thiazole rings is 1. The molecule has 168 valence electrons. The molecular weight excluding hydrogens is 440 g/mol. The Bertz CT molecular complexity index is 1340. The fourth-order valence-electron chi connectivity index (χ4n) is 3.21. The lowest BCUT2D eigenvalue weighted by Crippen LogP contribution is -2.07. The van der Waals surface area contributed by atoms with Crippen molar-refractivity contribution < 1.29 is 9.53 Å². The van der Waals surface area contributed by atoms with E-state index in [-0.39, 0.29) is 0 Å². The van der Waals surface area contributed by atoms with E-state index in [1.807, 2.05) is 23.6 Å². The average molecular weight is 463 g/mol. The van der Waals surface area contributed by atoms with E-state index in [4.69, 9.17) is 10.00 Å². The maximum Gasteiger partial charge on any atom is 0.350 e. The lowest BCUT2D eigenvalue weighted by molar-refractivity contribution is 0.0531. The van der Waals surface area contributed by atoms with Gasteiger partial charge in [0.2, 0.25) is 5.95 Å². The molecule has 33 heavy (non-hydrogen) atoms. The van der Waals surface area contributed by atoms with Gasteiger partial charge in [0.1, 0.15) is 10.4 Å². The van der Waals surface area contributed by atoms with Crippen LogP contribution in [-0.2, 0) is 17.8 Å². The van der Waals surface area contributed by atoms with Crippen molar-refractivity contribution in [3.8, 4) is 6.07 Å². The molecule has 0 saturated heterocycles. The fraction of sp³-hybridized carbons (Fsp3) is 0.273. The van der Waals surface area contributed by atoms with Crippen LogP contribution in [0.3, 0.4) is 0 Å². The number of carbonyl (C=O) groups is 1. The molecule has 0 amide bonds. The number of fused-ring (bicyclic) bond motifs is 1. The fourth-order valence-corrected chi connectivity index (χ4v) is 4.07. The zero-order chi connectivity index (χ0) is 23.4. The molecule has 0 aliphatic heterocycles. The number of esters is 1. The second-order valence-corrected chi connectivity index (χ2v) is 8.04. The van der Waals surface area contributed by atoms with E-state index in [1.165, 1.54) is 11.3 Å². The summed E-state index contributed by atoms with van der Waals surface area (Å²) in [6.07, 6.45) is 1.72. The Balaban J connectivity index is 1.62. The third-order valence-corrected chi connectivity index (χ3v) is 5.88. The van der Waals surface area contributed by atoms with Crippen molar-refractivity contribution in [3.05, 3.63) is 52.3 Å². The summed E-state index contributed by atoms with van der Waals surface area (Å²) < 4.78 is 7.05. The Labute approximate surface area is 194 Å². The van der Waals surface area contributed by atoms with Gasteiger partial charge in [-0.3, -0.25) is 5.32 Å². The smallest absolute Gasteiger partial charge is 0.350 e. The zero-order valence-electron chi connectivity index (χ0n) is 18.4. The van der Waals surface area contributed by atoms with E-state index in [0.717, 1.165) is 11.1 Å². The van der Waals surface area contributed by atoms with Gasteiger partial charge in [-0.1, -0.05) is 23.5 Å². The van der Waals surface area contributed by atoms with Gasteiger partial charge < -0.3 is 14.6 Å². The standard InChI is InChI=1S/C22H22N8O2S/c1-4-30-12-25-19-16(30)18(24-11-15-8-6-14(10-23)7-9-15)27-21(28-19)29-22-26-13(3)17(33-22)20(31)32-5-2/h6-9,12H,4-5,11H2,1-3H3,(H2,24,26,27,28,29). The molecule has 2 N–H and O–H groups in total. The number of nitrogens with one attached hydrogen (secondary N) is 2. The molecule has 0 bridgehead atoms. The Kier molecular flexibility index (Phi) is 6.46. The lowest BCUT2D eigenvalue weighted by Gasteiger charge is -2.11. The molecule has 11 heteroatoms. The highest BCUT2D eigenvalue weighted by atomic mass is 32.1. The Morgan fingerprint density at radius 2 is 2.00 bits per heavy atom. The minimum absolute atomic E-state index is 0.299. The van der Waals surface area contributed by atoms with E-state index in [9.17, 15) is 4.79 Å². The maximum absolute atomic E-state index is 12.1. The molecule has 0 aliphatic carbocycles. The topological polar surface area (TPSA) is 131 Å². The summed E-state index contributed by atoms with van der Waals surface area (Å²) in [6.45, 7) is 7.06. The van der Waals surface area contributed by atoms with Crippen LogP contribution in [0.1, 0.15) is 40.3 Å². The van der Waals surface area contributed by atoms with Gasteiger partial charge in [0.15, 0.2) is 16.6 Å². The number of nitrogens with zero attached hydrogens (tertiary/aromatic N) is 6. The zero-order valence-corrected chi connectivity index (χ0v) is 19.2. The van der Waals surface area contributed by atoms with Gasteiger partial charge in [-0.05, 0) is 38.5 Å². The third-order valence-electron chi connectivity index (χ3n) is 4.83. The van der Waals surface area contributed by atoms with Crippen molar-refractivity contribution in [2.24, 2.45) is 0 Å². The van der Waals surface area contributed by atoms with Gasteiger partial charge in [-0.2, -0.15) is 15.2 Å². The highest BCUT2D eigenvalue weighted by molar-refractivity contribution is 7.17. The molecule has 0 unspecified atom stereocenters. The number of nitriles is 1. The number of benzene rings is 1. The largest absolute Gasteiger partial charge is 0.462 e. The summed E-state index contributed by atoms with van der Waals surface area (Å²) in [6, 6.07) is 9.47. The molecule has 0 aliphatic rings. The Morgan fingerprint density at radius 3 is 2.70 bits per heavy atom. The number of imidazole rings is 1. The number of aryl methyl sites for hydroxylation is 2. The molecule has 3 heterocycles. The number of anilines is 3. The number of aromatic nitrogens is 5. The number of hydrogen-bond acceptors (Lipinski definition) is 10. The van der Waals surface area contributed by atoms with Crippen molar-refractivity contribution in [1.82, 2.24) is 24.5 Å². The van der Waals surface area contributed by atoms with Crippen molar-refractivity contribution >= 4 is 45.4 Å². The van der Waals surface area contributed by atoms with Crippen LogP contribution in [0.2, 0.25) is 0 Å². The van der Waals surface area contributed by atoms with Gasteiger partial charge in [0, 0.05) is 13.1 Å². The molecule has 3 aromatic heterocycles. The van der Waals surface area contributed by atoms with Crippen molar-refractivity contribution in [1.29, 1.82) is 5.26 Å². The molecular formula is C22H22N8O2S. The van der Waals surface area contributed by atoms with Gasteiger partial charge >= 0.3 is 5.97 Å². The van der Waals surface area contributed by atoms with Gasteiger partial charge in [0.05, 0.1) is 30.3 Å². The van der Waals surface area contributed by atoms with E-state index in [0.29, 0.717) is 58.4 Å². The molecule has 4 aromatic rings. The summed E-state index contributed by atoms with van der Waals surface area (Å²) >= 11 is 1.19. The first-order chi connectivity index (χ1) is 16.0. The van der Waals surface area contributed by atoms with Crippen LogP contribution in [-0.4, -0.2) is 37.1 Å². The summed E-state index contributed by atoms with van der Waals surface area (Å²) in [5, 5.41) is 15.9. The first-order valence-corrected chi connectivity index (χ1v) is 11.2. The van der Waals surface area contributed by atoms with Crippen LogP contribution >= 0.6 is 11.3 Å². The summed E-state index contributed by atoms with van der Waals surface area (Å²) in [4.78, 5) is 30.5. The van der Waals surface area contributed by atoms with Crippen LogP contribution in [0.5, 0.6) is 0 Å². The predicted molar refractivity (Wildman–Crippen MR) is 126 cm³/mol. The van der Waals surface area contributed by atoms with Crippen molar-refractivity contribution in [2.75, 3.05) is 17.2 Å². The molecule has 0 atom stereocenters. The third kappa shape index (κ3) is 4.75. The highest BCUT2D eigenvalue weighted by Gasteiger charge is 2.18. The van der Waals surface area contributed by atoms with Gasteiger partial charge in [-0.15, -0.1) is 0 Å². The lowest BCUT2D eigenvalue weighted by atomic mass is 10.1. The minimum Gasteiger partial charge on any atom is -0.462 e. The molecule has 0 fully saturated rings. The molecule has 0 radical (unpaired) electrons. The Morgan fingerprint density at radius 1 is 1.21 bits per heavy atom. The maximum atomic E-state index is 12.1. The van der Waals surface area contributed by atoms with Crippen LogP contribution in [0, 0.1) is 18.3 Å². The number of carbonyl (C=O) groups excluding carboxylic acids is 1. The SMILES string of the molecule is CCOC(=O)c1sc(Nc2nc(NCc3ccc(C#N)cc3)c3c(ncn3CC)n2)nc1C. The van der Waals surface area contributed by atoms with Crippen LogP contribution in [0.15, 0.2) is 30.6 Å². The molecule has 1 aromatic carbocycles. The molecule has 10 nitrogen and oxygen atoms in total. The van der Waals surface area contributed by atoms with E-state index < -0.39 is 5.97 Å². The van der Waals surface area contributed by atoms with E-state index in [2.05, 4.69) is 36.6 Å². The van der Waals surface area contributed by atoms with Crippen molar-refractivity contribution in [3.63, 3.8) is 0 Å². The summed E-state index contributed by atoms with van der Waals surface area (Å²) in [5.41, 5.74) is 3.53. The Hall–Kier alpha value is -4.04. The number of hydrogen-bond donors (Lipinski definition) is 2. The molecule has 4 rings (SSSR count). The normalized spacial score (nSPS) is 10.7. The highest BCUT2D eigenvalue weighted by Crippen LogP contribution is 2.28. The average Bonchev–Trinajstić information content (AvgIpc) is 3.40. The van der Waals surface area contributed by atoms with Gasteiger partial charge in [-0.25, -0.2) is 14.8 Å². The van der Waals surface area contributed by atoms with Crippen molar-refractivity contribution in [2.45, 2.75) is 33.9 Å². The minimum atomic E-state index is -0.400. The molecule has 0 saturated carbocycles. The number of ether oxygens (including phenoxy) is 1. The van der Waals surface area contributed by atoms with Crippen LogP contribution in [0.4, 0.5) is 16.9 Å². The molecule has 0 spiro atoms. The second kappa shape index (κ2) is 9.62. The van der Waals surface area contributed by atoms with Gasteiger partial charge in [0.25, 0.3) is 0 Å². The predicted octanol–water partition coefficient (Wildman–Crippen LogP) is 4.02. The van der Waals surface area contributed by atoms with E-state index >= 15 is 0 Å². The first-order valence-electron chi connectivity index (χ1n) is 10.4. The number of rotatable bonds is 8. The monoisotopic (exact) mass is 462 g/mol. The first kappa shape index (κ1) is 22.2. The quantitative estimate of drug-likeness (QED) is 0.373. The van der Waals surface area contributed by atoms with Crippen LogP contribution in [0.25, 0.3) is 11.2 Å². The summed E-state index contributed by atoms with van der Waals surface area (Å²) in [7, 11) is 0. The summed E-state index contributed by atoms with van der Waals surface area (Å²) in [5.74, 6) is 0.531. The second-order valence-electron chi connectivity index (χ2n) is 7.04.